The summed E-state index contributed by atoms with van der Waals surface area (Å²) in [6, 6.07) is 18.3. The number of carbonyl (C=O) groups excluding carboxylic acids is 2. The molecular weight excluding hydrogens is 453 g/mol. The highest BCUT2D eigenvalue weighted by Gasteiger charge is 2.34. The van der Waals surface area contributed by atoms with E-state index in [4.69, 9.17) is 4.74 Å². The van der Waals surface area contributed by atoms with E-state index in [0.717, 1.165) is 17.7 Å². The first kappa shape index (κ1) is 22.7. The maximum Gasteiger partial charge on any atom is 0.416 e. The first-order valence-corrected chi connectivity index (χ1v) is 11.0. The van der Waals surface area contributed by atoms with Crippen LogP contribution in [-0.2, 0) is 11.0 Å². The Bertz CT molecular complexity index is 1180. The van der Waals surface area contributed by atoms with Crippen LogP contribution in [0.4, 0.5) is 24.5 Å². The molecule has 33 heavy (non-hydrogen) atoms. The van der Waals surface area contributed by atoms with E-state index in [1.54, 1.807) is 54.5 Å². The Morgan fingerprint density at radius 3 is 2.48 bits per heavy atom. The highest BCUT2D eigenvalue weighted by molar-refractivity contribution is 8.00. The summed E-state index contributed by atoms with van der Waals surface area (Å²) in [5.74, 6) is 0.278. The summed E-state index contributed by atoms with van der Waals surface area (Å²) in [5.41, 5.74) is 0.933. The maximum atomic E-state index is 13.0. The molecule has 2 amide bonds. The van der Waals surface area contributed by atoms with Crippen LogP contribution < -0.4 is 15.0 Å². The Kier molecular flexibility index (Phi) is 6.33. The average molecular weight is 472 g/mol. The first-order valence-electron chi connectivity index (χ1n) is 9.92. The SMILES string of the molecule is COc1ccc(N2C(=O)CSC2c2cccc(NC(=O)c3cccc(C(F)(F)F)c3)c2)cc1. The monoisotopic (exact) mass is 472 g/mol. The van der Waals surface area contributed by atoms with Gasteiger partial charge in [-0.2, -0.15) is 13.2 Å². The van der Waals surface area contributed by atoms with Crippen LogP contribution in [0.3, 0.4) is 0 Å². The number of anilines is 2. The number of rotatable bonds is 5. The third-order valence-electron chi connectivity index (χ3n) is 5.10. The number of alkyl halides is 3. The summed E-state index contributed by atoms with van der Waals surface area (Å²) < 4.78 is 44.1. The third-order valence-corrected chi connectivity index (χ3v) is 6.31. The van der Waals surface area contributed by atoms with Crippen LogP contribution in [0.2, 0.25) is 0 Å². The Balaban J connectivity index is 1.56. The predicted octanol–water partition coefficient (Wildman–Crippen LogP) is 5.74. The van der Waals surface area contributed by atoms with E-state index in [1.807, 2.05) is 6.07 Å². The van der Waals surface area contributed by atoms with Crippen molar-refractivity contribution in [1.29, 1.82) is 0 Å². The van der Waals surface area contributed by atoms with E-state index in [2.05, 4.69) is 5.32 Å². The van der Waals surface area contributed by atoms with E-state index in [1.165, 1.54) is 23.9 Å². The molecule has 0 bridgehead atoms. The Morgan fingerprint density at radius 2 is 1.79 bits per heavy atom. The molecule has 4 rings (SSSR count). The fourth-order valence-corrected chi connectivity index (χ4v) is 4.67. The van der Waals surface area contributed by atoms with E-state index < -0.39 is 17.6 Å². The van der Waals surface area contributed by atoms with Gasteiger partial charge in [-0.05, 0) is 60.2 Å². The van der Waals surface area contributed by atoms with Gasteiger partial charge in [0.2, 0.25) is 5.91 Å². The van der Waals surface area contributed by atoms with Gasteiger partial charge in [-0.1, -0.05) is 18.2 Å². The molecule has 1 heterocycles. The molecule has 1 N–H and O–H groups in total. The van der Waals surface area contributed by atoms with Crippen molar-refractivity contribution in [3.05, 3.63) is 89.5 Å². The molecule has 0 saturated carbocycles. The second-order valence-corrected chi connectivity index (χ2v) is 8.35. The van der Waals surface area contributed by atoms with Crippen molar-refractivity contribution in [1.82, 2.24) is 0 Å². The van der Waals surface area contributed by atoms with Crippen LogP contribution >= 0.6 is 11.8 Å². The van der Waals surface area contributed by atoms with Gasteiger partial charge in [0.25, 0.3) is 5.91 Å². The minimum absolute atomic E-state index is 0.0476. The van der Waals surface area contributed by atoms with E-state index >= 15 is 0 Å². The average Bonchev–Trinajstić information content (AvgIpc) is 3.20. The van der Waals surface area contributed by atoms with Crippen LogP contribution in [-0.4, -0.2) is 24.7 Å². The number of halogens is 3. The lowest BCUT2D eigenvalue weighted by atomic mass is 10.1. The molecule has 0 aliphatic carbocycles. The molecule has 1 aliphatic rings. The number of thioether (sulfide) groups is 1. The number of nitrogens with zero attached hydrogens (tertiary/aromatic N) is 1. The molecule has 1 atom stereocenters. The molecule has 9 heteroatoms. The smallest absolute Gasteiger partial charge is 0.416 e. The first-order chi connectivity index (χ1) is 15.8. The lowest BCUT2D eigenvalue weighted by molar-refractivity contribution is -0.137. The topological polar surface area (TPSA) is 58.6 Å². The molecule has 170 valence electrons. The standard InChI is InChI=1S/C24H19F3N2O3S/c1-32-20-10-8-19(9-11-20)29-21(30)14-33-23(29)16-5-3-7-18(13-16)28-22(31)15-4-2-6-17(12-15)24(25,26)27/h2-13,23H,14H2,1H3,(H,28,31). The Hall–Kier alpha value is -3.46. The summed E-state index contributed by atoms with van der Waals surface area (Å²) in [5, 5.41) is 2.34. The number of ether oxygens (including phenoxy) is 1. The zero-order valence-corrected chi connectivity index (χ0v) is 18.2. The van der Waals surface area contributed by atoms with Crippen molar-refractivity contribution in [3.8, 4) is 5.75 Å². The number of hydrogen-bond donors (Lipinski definition) is 1. The lowest BCUT2D eigenvalue weighted by Crippen LogP contribution is -2.27. The van der Waals surface area contributed by atoms with E-state index in [-0.39, 0.29) is 16.8 Å². The summed E-state index contributed by atoms with van der Waals surface area (Å²) in [7, 11) is 1.56. The highest BCUT2D eigenvalue weighted by atomic mass is 32.2. The molecule has 1 saturated heterocycles. The fourth-order valence-electron chi connectivity index (χ4n) is 3.50. The summed E-state index contributed by atoms with van der Waals surface area (Å²) in [6.07, 6.45) is -4.53. The molecule has 5 nitrogen and oxygen atoms in total. The number of carbonyl (C=O) groups is 2. The van der Waals surface area contributed by atoms with Gasteiger partial charge in [-0.15, -0.1) is 11.8 Å². The highest BCUT2D eigenvalue weighted by Crippen LogP contribution is 2.42. The largest absolute Gasteiger partial charge is 0.497 e. The van der Waals surface area contributed by atoms with Crippen LogP contribution in [0.15, 0.2) is 72.8 Å². The third kappa shape index (κ3) is 4.98. The second-order valence-electron chi connectivity index (χ2n) is 7.28. The minimum atomic E-state index is -4.53. The van der Waals surface area contributed by atoms with Gasteiger partial charge >= 0.3 is 6.18 Å². The number of nitrogens with one attached hydrogen (secondary N) is 1. The van der Waals surface area contributed by atoms with Crippen molar-refractivity contribution < 1.29 is 27.5 Å². The van der Waals surface area contributed by atoms with Gasteiger partial charge in [-0.25, -0.2) is 0 Å². The van der Waals surface area contributed by atoms with Crippen molar-refractivity contribution in [2.45, 2.75) is 11.6 Å². The molecular formula is C24H19F3N2O3S. The van der Waals surface area contributed by atoms with Gasteiger partial charge in [-0.3, -0.25) is 14.5 Å². The number of hydrogen-bond acceptors (Lipinski definition) is 4. The maximum absolute atomic E-state index is 13.0. The Morgan fingerprint density at radius 1 is 1.06 bits per heavy atom. The van der Waals surface area contributed by atoms with Gasteiger partial charge in [0.15, 0.2) is 0 Å². The Labute approximate surface area is 192 Å². The predicted molar refractivity (Wildman–Crippen MR) is 122 cm³/mol. The molecule has 0 aromatic heterocycles. The van der Waals surface area contributed by atoms with Crippen LogP contribution in [0.25, 0.3) is 0 Å². The minimum Gasteiger partial charge on any atom is -0.497 e. The number of amides is 2. The van der Waals surface area contributed by atoms with Gasteiger partial charge < -0.3 is 10.1 Å². The van der Waals surface area contributed by atoms with Gasteiger partial charge in [0.1, 0.15) is 11.1 Å². The zero-order chi connectivity index (χ0) is 23.6. The van der Waals surface area contributed by atoms with Crippen molar-refractivity contribution in [3.63, 3.8) is 0 Å². The van der Waals surface area contributed by atoms with Crippen molar-refractivity contribution in [2.24, 2.45) is 0 Å². The number of methoxy groups -OCH3 is 1. The zero-order valence-electron chi connectivity index (χ0n) is 17.4. The van der Waals surface area contributed by atoms with Crippen LogP contribution in [0.1, 0.15) is 26.9 Å². The molecule has 1 unspecified atom stereocenters. The van der Waals surface area contributed by atoms with Crippen molar-refractivity contribution in [2.75, 3.05) is 23.1 Å². The fraction of sp³-hybridized carbons (Fsp3) is 0.167. The summed E-state index contributed by atoms with van der Waals surface area (Å²) in [6.45, 7) is 0. The molecule has 3 aromatic carbocycles. The van der Waals surface area contributed by atoms with Gasteiger partial charge in [0.05, 0.1) is 18.4 Å². The lowest BCUT2D eigenvalue weighted by Gasteiger charge is -2.25. The van der Waals surface area contributed by atoms with E-state index in [0.29, 0.717) is 22.9 Å². The molecule has 0 radical (unpaired) electrons. The molecule has 1 aliphatic heterocycles. The summed E-state index contributed by atoms with van der Waals surface area (Å²) >= 11 is 1.45. The molecule has 0 spiro atoms. The van der Waals surface area contributed by atoms with Gasteiger partial charge in [0, 0.05) is 16.9 Å². The number of benzene rings is 3. The quantitative estimate of drug-likeness (QED) is 0.514. The van der Waals surface area contributed by atoms with Crippen LogP contribution in [0.5, 0.6) is 5.75 Å². The molecule has 3 aromatic rings. The van der Waals surface area contributed by atoms with Crippen LogP contribution in [0, 0.1) is 0 Å². The van der Waals surface area contributed by atoms with Crippen molar-refractivity contribution >= 4 is 35.0 Å². The summed E-state index contributed by atoms with van der Waals surface area (Å²) in [4.78, 5) is 26.8. The normalized spacial score (nSPS) is 16.1. The second kappa shape index (κ2) is 9.19. The van der Waals surface area contributed by atoms with E-state index in [9.17, 15) is 22.8 Å². The molecule has 1 fully saturated rings.